The van der Waals surface area contributed by atoms with Gasteiger partial charge in [0, 0.05) is 6.07 Å². The fourth-order valence-corrected chi connectivity index (χ4v) is 1.30. The van der Waals surface area contributed by atoms with Crippen molar-refractivity contribution in [3.05, 3.63) is 27.9 Å². The summed E-state index contributed by atoms with van der Waals surface area (Å²) in [7, 11) is 0. The molecule has 1 aromatic rings. The van der Waals surface area contributed by atoms with Crippen molar-refractivity contribution in [3.8, 4) is 0 Å². The van der Waals surface area contributed by atoms with E-state index in [2.05, 4.69) is 10.3 Å². The molecule has 0 bridgehead atoms. The summed E-state index contributed by atoms with van der Waals surface area (Å²) in [6.07, 6.45) is 1.53. The van der Waals surface area contributed by atoms with Crippen LogP contribution in [-0.2, 0) is 0 Å². The topological polar surface area (TPSA) is 126 Å². The lowest BCUT2D eigenvalue weighted by atomic mass is 10.2. The molecule has 1 rings (SSSR count). The molecule has 0 saturated carbocycles. The standard InChI is InChI=1S/C10H13N3O5/c1-2-6(5-14)12-9-8(10(15)16)3-7(4-11-9)13(17)18/h3-4,6,14H,2,5H2,1H3,(H,11,12)(H,15,16). The molecule has 0 amide bonds. The van der Waals surface area contributed by atoms with Crippen molar-refractivity contribution in [1.82, 2.24) is 4.98 Å². The van der Waals surface area contributed by atoms with E-state index in [-0.39, 0.29) is 24.0 Å². The molecule has 1 heterocycles. The lowest BCUT2D eigenvalue weighted by molar-refractivity contribution is -0.385. The van der Waals surface area contributed by atoms with Crippen molar-refractivity contribution in [1.29, 1.82) is 0 Å². The molecule has 0 radical (unpaired) electrons. The number of nitrogens with one attached hydrogen (secondary N) is 1. The molecular weight excluding hydrogens is 242 g/mol. The number of aromatic nitrogens is 1. The van der Waals surface area contributed by atoms with Crippen LogP contribution in [-0.4, -0.2) is 38.7 Å². The number of carboxylic acid groups (broad SMARTS) is 1. The van der Waals surface area contributed by atoms with Crippen LogP contribution in [0.5, 0.6) is 0 Å². The fraction of sp³-hybridized carbons (Fsp3) is 0.400. The molecule has 0 aromatic carbocycles. The summed E-state index contributed by atoms with van der Waals surface area (Å²) in [5.41, 5.74) is -0.689. The van der Waals surface area contributed by atoms with Crippen LogP contribution in [0, 0.1) is 10.1 Å². The first-order valence-corrected chi connectivity index (χ1v) is 5.24. The number of anilines is 1. The summed E-state index contributed by atoms with van der Waals surface area (Å²) in [6, 6.07) is 0.582. The largest absolute Gasteiger partial charge is 0.478 e. The van der Waals surface area contributed by atoms with Gasteiger partial charge in [0.2, 0.25) is 0 Å². The average Bonchev–Trinajstić information content (AvgIpc) is 2.35. The Morgan fingerprint density at radius 1 is 1.67 bits per heavy atom. The number of pyridine rings is 1. The smallest absolute Gasteiger partial charge is 0.339 e. The second kappa shape index (κ2) is 5.92. The van der Waals surface area contributed by atoms with Gasteiger partial charge in [0.25, 0.3) is 5.69 Å². The highest BCUT2D eigenvalue weighted by Gasteiger charge is 2.19. The number of carboxylic acids is 1. The summed E-state index contributed by atoms with van der Waals surface area (Å²) in [6.45, 7) is 1.62. The van der Waals surface area contributed by atoms with Crippen LogP contribution in [0.4, 0.5) is 11.5 Å². The van der Waals surface area contributed by atoms with Crippen molar-refractivity contribution in [3.63, 3.8) is 0 Å². The zero-order valence-corrected chi connectivity index (χ0v) is 9.66. The molecule has 0 aliphatic carbocycles. The number of nitrogens with zero attached hydrogens (tertiary/aromatic N) is 2. The van der Waals surface area contributed by atoms with Crippen molar-refractivity contribution >= 4 is 17.5 Å². The second-order valence-corrected chi connectivity index (χ2v) is 3.58. The van der Waals surface area contributed by atoms with Gasteiger partial charge in [-0.05, 0) is 6.42 Å². The molecule has 0 spiro atoms. The lowest BCUT2D eigenvalue weighted by Gasteiger charge is -2.15. The van der Waals surface area contributed by atoms with Crippen molar-refractivity contribution in [2.24, 2.45) is 0 Å². The van der Waals surface area contributed by atoms with E-state index in [4.69, 9.17) is 10.2 Å². The van der Waals surface area contributed by atoms with Crippen LogP contribution in [0.1, 0.15) is 23.7 Å². The predicted molar refractivity (Wildman–Crippen MR) is 62.6 cm³/mol. The summed E-state index contributed by atoms with van der Waals surface area (Å²) in [5.74, 6) is -1.31. The Labute approximate surface area is 102 Å². The first kappa shape index (κ1) is 13.8. The minimum absolute atomic E-state index is 0.00833. The molecule has 8 heteroatoms. The van der Waals surface area contributed by atoms with E-state index in [1.807, 2.05) is 0 Å². The zero-order chi connectivity index (χ0) is 13.7. The van der Waals surface area contributed by atoms with Crippen LogP contribution < -0.4 is 5.32 Å². The highest BCUT2D eigenvalue weighted by atomic mass is 16.6. The van der Waals surface area contributed by atoms with Gasteiger partial charge in [-0.3, -0.25) is 10.1 Å². The number of rotatable bonds is 6. The minimum atomic E-state index is -1.32. The number of hydrogen-bond donors (Lipinski definition) is 3. The lowest BCUT2D eigenvalue weighted by Crippen LogP contribution is -2.24. The van der Waals surface area contributed by atoms with Crippen LogP contribution in [0.25, 0.3) is 0 Å². The minimum Gasteiger partial charge on any atom is -0.478 e. The van der Waals surface area contributed by atoms with Gasteiger partial charge < -0.3 is 15.5 Å². The van der Waals surface area contributed by atoms with Crippen LogP contribution in [0.2, 0.25) is 0 Å². The van der Waals surface area contributed by atoms with E-state index in [9.17, 15) is 14.9 Å². The molecule has 1 unspecified atom stereocenters. The predicted octanol–water partition coefficient (Wildman–Crippen LogP) is 0.871. The van der Waals surface area contributed by atoms with Gasteiger partial charge in [-0.25, -0.2) is 9.78 Å². The van der Waals surface area contributed by atoms with E-state index in [0.29, 0.717) is 6.42 Å². The van der Waals surface area contributed by atoms with Gasteiger partial charge in [0.15, 0.2) is 0 Å². The van der Waals surface area contributed by atoms with E-state index < -0.39 is 16.6 Å². The number of hydrogen-bond acceptors (Lipinski definition) is 6. The van der Waals surface area contributed by atoms with Crippen molar-refractivity contribution in [2.75, 3.05) is 11.9 Å². The molecule has 0 saturated heterocycles. The fourth-order valence-electron chi connectivity index (χ4n) is 1.30. The van der Waals surface area contributed by atoms with E-state index in [0.717, 1.165) is 12.3 Å². The Kier molecular flexibility index (Phi) is 4.55. The number of aliphatic hydroxyl groups excluding tert-OH is 1. The maximum atomic E-state index is 11.0. The highest BCUT2D eigenvalue weighted by molar-refractivity contribution is 5.93. The number of nitro groups is 1. The zero-order valence-electron chi connectivity index (χ0n) is 9.66. The molecule has 8 nitrogen and oxygen atoms in total. The molecule has 0 fully saturated rings. The molecule has 18 heavy (non-hydrogen) atoms. The Morgan fingerprint density at radius 2 is 2.33 bits per heavy atom. The van der Waals surface area contributed by atoms with Crippen molar-refractivity contribution in [2.45, 2.75) is 19.4 Å². The van der Waals surface area contributed by atoms with Gasteiger partial charge in [-0.2, -0.15) is 0 Å². The van der Waals surface area contributed by atoms with E-state index in [1.165, 1.54) is 0 Å². The van der Waals surface area contributed by atoms with Gasteiger partial charge in [0.1, 0.15) is 17.6 Å². The Balaban J connectivity index is 3.11. The molecular formula is C10H13N3O5. The SMILES string of the molecule is CCC(CO)Nc1ncc([N+](=O)[O-])cc1C(=O)O. The summed E-state index contributed by atoms with van der Waals surface area (Å²) in [4.78, 5) is 24.5. The Bertz CT molecular complexity index is 459. The number of aromatic carboxylic acids is 1. The van der Waals surface area contributed by atoms with Gasteiger partial charge in [-0.15, -0.1) is 0 Å². The Hall–Kier alpha value is -2.22. The van der Waals surface area contributed by atoms with E-state index >= 15 is 0 Å². The van der Waals surface area contributed by atoms with Gasteiger partial charge in [0.05, 0.1) is 17.6 Å². The first-order chi connectivity index (χ1) is 8.49. The quantitative estimate of drug-likeness (QED) is 0.508. The van der Waals surface area contributed by atoms with Crippen LogP contribution >= 0.6 is 0 Å². The summed E-state index contributed by atoms with van der Waals surface area (Å²) < 4.78 is 0. The normalized spacial score (nSPS) is 11.9. The monoisotopic (exact) mass is 255 g/mol. The third-order valence-electron chi connectivity index (χ3n) is 2.37. The van der Waals surface area contributed by atoms with Gasteiger partial charge >= 0.3 is 5.97 Å². The summed E-state index contributed by atoms with van der Waals surface area (Å²) >= 11 is 0. The number of carbonyl (C=O) groups is 1. The summed E-state index contributed by atoms with van der Waals surface area (Å²) in [5, 5.41) is 31.2. The molecule has 1 aromatic heterocycles. The third kappa shape index (κ3) is 3.14. The van der Waals surface area contributed by atoms with Crippen molar-refractivity contribution < 1.29 is 19.9 Å². The second-order valence-electron chi connectivity index (χ2n) is 3.58. The first-order valence-electron chi connectivity index (χ1n) is 5.24. The third-order valence-corrected chi connectivity index (χ3v) is 2.37. The van der Waals surface area contributed by atoms with Crippen LogP contribution in [0.3, 0.4) is 0 Å². The molecule has 98 valence electrons. The van der Waals surface area contributed by atoms with E-state index in [1.54, 1.807) is 6.92 Å². The maximum Gasteiger partial charge on any atom is 0.339 e. The average molecular weight is 255 g/mol. The molecule has 0 aliphatic rings. The highest BCUT2D eigenvalue weighted by Crippen LogP contribution is 2.20. The van der Waals surface area contributed by atoms with Gasteiger partial charge in [-0.1, -0.05) is 6.92 Å². The maximum absolute atomic E-state index is 11.0. The molecule has 1 atom stereocenters. The molecule has 3 N–H and O–H groups in total. The number of aliphatic hydroxyl groups is 1. The van der Waals surface area contributed by atoms with Crippen LogP contribution in [0.15, 0.2) is 12.3 Å². The molecule has 0 aliphatic heterocycles. The Morgan fingerprint density at radius 3 is 2.78 bits per heavy atom.